The fourth-order valence-corrected chi connectivity index (χ4v) is 2.73. The van der Waals surface area contributed by atoms with Crippen molar-refractivity contribution in [1.82, 2.24) is 0 Å². The number of para-hydroxylation sites is 1. The van der Waals surface area contributed by atoms with Crippen molar-refractivity contribution in [2.75, 3.05) is 10.6 Å². The zero-order chi connectivity index (χ0) is 18.9. The summed E-state index contributed by atoms with van der Waals surface area (Å²) in [6.45, 7) is 7.67. The molecule has 2 amide bonds. The molecule has 0 spiro atoms. The smallest absolute Gasteiger partial charge is 0.323 e. The van der Waals surface area contributed by atoms with Crippen LogP contribution >= 0.6 is 0 Å². The summed E-state index contributed by atoms with van der Waals surface area (Å²) < 4.78 is 0. The summed E-state index contributed by atoms with van der Waals surface area (Å²) in [7, 11) is 0. The maximum absolute atomic E-state index is 12.2. The first-order valence-corrected chi connectivity index (χ1v) is 9.07. The van der Waals surface area contributed by atoms with Gasteiger partial charge in [-0.15, -0.1) is 0 Å². The van der Waals surface area contributed by atoms with Crippen molar-refractivity contribution in [2.24, 2.45) is 0 Å². The number of benzene rings is 2. The average Bonchev–Trinajstić information content (AvgIpc) is 2.64. The van der Waals surface area contributed by atoms with E-state index in [1.807, 2.05) is 62.4 Å². The number of Topliss-reactive ketones (excluding diaryl/α,β-unsaturated/α-hetero) is 1. The van der Waals surface area contributed by atoms with Gasteiger partial charge in [0.1, 0.15) is 5.78 Å². The van der Waals surface area contributed by atoms with Crippen LogP contribution in [0.2, 0.25) is 0 Å². The molecule has 5 heteroatoms. The summed E-state index contributed by atoms with van der Waals surface area (Å²) in [6, 6.07) is 14.8. The van der Waals surface area contributed by atoms with Gasteiger partial charge in [0.15, 0.2) is 0 Å². The molecule has 0 aromatic heterocycles. The first-order valence-electron chi connectivity index (χ1n) is 9.07. The van der Waals surface area contributed by atoms with Crippen LogP contribution in [0.15, 0.2) is 48.5 Å². The molecule has 2 N–H and O–H groups in total. The maximum atomic E-state index is 12.2. The largest absolute Gasteiger partial charge is 0.358 e. The molecule has 2 aromatic rings. The van der Waals surface area contributed by atoms with Crippen LogP contribution in [0.3, 0.4) is 0 Å². The Labute approximate surface area is 194 Å². The van der Waals surface area contributed by atoms with E-state index in [0.717, 1.165) is 36.1 Å². The summed E-state index contributed by atoms with van der Waals surface area (Å²) >= 11 is 0. The molecule has 1 atom stereocenters. The molecule has 2 rings (SSSR count). The zero-order valence-electron chi connectivity index (χ0n) is 17.1. The van der Waals surface area contributed by atoms with E-state index < -0.39 is 0 Å². The van der Waals surface area contributed by atoms with Gasteiger partial charge in [-0.1, -0.05) is 43.7 Å². The van der Waals surface area contributed by atoms with Gasteiger partial charge in [0.2, 0.25) is 0 Å². The van der Waals surface area contributed by atoms with Crippen LogP contribution in [-0.4, -0.2) is 11.8 Å². The van der Waals surface area contributed by atoms with E-state index in [4.69, 9.17) is 0 Å². The van der Waals surface area contributed by atoms with Gasteiger partial charge in [0.25, 0.3) is 0 Å². The number of rotatable bonds is 8. The van der Waals surface area contributed by atoms with Crippen molar-refractivity contribution in [3.63, 3.8) is 0 Å². The number of nitrogens with one attached hydrogen (secondary N) is 2. The van der Waals surface area contributed by atoms with Gasteiger partial charge in [-0.3, -0.25) is 4.79 Å². The average molecular weight is 455 g/mol. The molecular weight excluding hydrogens is 425 g/mol. The Kier molecular flexibility index (Phi) is 12.9. The van der Waals surface area contributed by atoms with Gasteiger partial charge in [-0.2, -0.15) is 6.42 Å². The number of anilines is 2. The quantitative estimate of drug-likeness (QED) is 0.370. The minimum Gasteiger partial charge on any atom is -0.358 e. The molecular formula is C23H30N2O2Y-2. The minimum atomic E-state index is -0.288. The number of urea groups is 1. The van der Waals surface area contributed by atoms with E-state index in [2.05, 4.69) is 17.6 Å². The van der Waals surface area contributed by atoms with Crippen LogP contribution in [0, 0.1) is 21.3 Å². The third-order valence-corrected chi connectivity index (χ3v) is 4.47. The van der Waals surface area contributed by atoms with Gasteiger partial charge in [0, 0.05) is 56.4 Å². The van der Waals surface area contributed by atoms with Crippen molar-refractivity contribution in [2.45, 2.75) is 45.4 Å². The molecule has 0 heterocycles. The van der Waals surface area contributed by atoms with Crippen LogP contribution in [0.5, 0.6) is 0 Å². The predicted octanol–water partition coefficient (Wildman–Crippen LogP) is 6.15. The second kappa shape index (κ2) is 13.6. The standard InChI is InChI=1S/C22H27N2O2.CH3.Y/c1-4-5-6-11-21(25)17(3)18-12-14-19(15-13-18)23-22(26)24-20-10-8-7-9-16(20)2;;/h7-10,12-15,17H,1,4-6,11H2,2-3H3,(H2,23,24,26);1H3;/q2*-1;. The molecule has 149 valence electrons. The Morgan fingerprint density at radius 1 is 1.00 bits per heavy atom. The summed E-state index contributed by atoms with van der Waals surface area (Å²) in [5, 5.41) is 5.65. The first kappa shape index (κ1) is 26.5. The Hall–Kier alpha value is -1.52. The molecule has 0 bridgehead atoms. The Balaban J connectivity index is 0.00000364. The Morgan fingerprint density at radius 3 is 2.25 bits per heavy atom. The summed E-state index contributed by atoms with van der Waals surface area (Å²) in [4.78, 5) is 24.3. The van der Waals surface area contributed by atoms with Gasteiger partial charge >= 0.3 is 6.03 Å². The normalized spacial score (nSPS) is 10.8. The maximum Gasteiger partial charge on any atom is 0.323 e. The SMILES string of the molecule is [CH2-]CCCCC(=O)C(C)c1ccc(NC(=O)Nc2ccccc2C)cc1.[CH3-].[Y]. The summed E-state index contributed by atoms with van der Waals surface area (Å²) in [6.07, 6.45) is 3.34. The molecule has 0 aliphatic heterocycles. The third kappa shape index (κ3) is 8.24. The molecule has 1 radical (unpaired) electrons. The monoisotopic (exact) mass is 455 g/mol. The van der Waals surface area contributed by atoms with Crippen LogP contribution < -0.4 is 10.6 Å². The van der Waals surface area contributed by atoms with Gasteiger partial charge < -0.3 is 25.0 Å². The van der Waals surface area contributed by atoms with Crippen molar-refractivity contribution < 1.29 is 42.3 Å². The van der Waals surface area contributed by atoms with E-state index >= 15 is 0 Å². The Bertz CT molecular complexity index is 745. The van der Waals surface area contributed by atoms with Crippen molar-refractivity contribution in [1.29, 1.82) is 0 Å². The molecule has 0 aliphatic carbocycles. The molecule has 0 aliphatic rings. The van der Waals surface area contributed by atoms with E-state index in [1.54, 1.807) is 0 Å². The number of aryl methyl sites for hydroxylation is 1. The Morgan fingerprint density at radius 2 is 1.64 bits per heavy atom. The molecule has 2 aromatic carbocycles. The van der Waals surface area contributed by atoms with Gasteiger partial charge in [0.05, 0.1) is 0 Å². The number of carbonyl (C=O) groups is 2. The number of hydrogen-bond acceptors (Lipinski definition) is 2. The molecule has 1 unspecified atom stereocenters. The van der Waals surface area contributed by atoms with E-state index in [0.29, 0.717) is 12.1 Å². The zero-order valence-corrected chi connectivity index (χ0v) is 20.0. The molecule has 0 fully saturated rings. The number of unbranched alkanes of at least 4 members (excludes halogenated alkanes) is 2. The number of ketones is 1. The molecule has 0 saturated carbocycles. The predicted molar refractivity (Wildman–Crippen MR) is 114 cm³/mol. The van der Waals surface area contributed by atoms with Crippen LogP contribution in [-0.2, 0) is 37.5 Å². The second-order valence-corrected chi connectivity index (χ2v) is 6.51. The fraction of sp³-hybridized carbons (Fsp3) is 0.304. The van der Waals surface area contributed by atoms with Gasteiger partial charge in [-0.25, -0.2) is 4.79 Å². The first-order chi connectivity index (χ1) is 12.5. The van der Waals surface area contributed by atoms with E-state index in [-0.39, 0.29) is 57.9 Å². The number of carbonyl (C=O) groups excluding carboxylic acids is 2. The van der Waals surface area contributed by atoms with Crippen molar-refractivity contribution in [3.05, 3.63) is 74.0 Å². The van der Waals surface area contributed by atoms with E-state index in [9.17, 15) is 9.59 Å². The minimum absolute atomic E-state index is 0. The molecule has 28 heavy (non-hydrogen) atoms. The number of hydrogen-bond donors (Lipinski definition) is 2. The second-order valence-electron chi connectivity index (χ2n) is 6.51. The third-order valence-electron chi connectivity index (χ3n) is 4.47. The molecule has 0 saturated heterocycles. The van der Waals surface area contributed by atoms with E-state index in [1.165, 1.54) is 0 Å². The summed E-state index contributed by atoms with van der Waals surface area (Å²) in [5.74, 6) is 0.117. The van der Waals surface area contributed by atoms with Crippen molar-refractivity contribution in [3.8, 4) is 0 Å². The topological polar surface area (TPSA) is 58.2 Å². The molecule has 4 nitrogen and oxygen atoms in total. The van der Waals surface area contributed by atoms with Crippen LogP contribution in [0.4, 0.5) is 16.2 Å². The fourth-order valence-electron chi connectivity index (χ4n) is 2.73. The summed E-state index contributed by atoms with van der Waals surface area (Å²) in [5.41, 5.74) is 3.44. The van der Waals surface area contributed by atoms with Crippen molar-refractivity contribution >= 4 is 23.2 Å². The number of amides is 2. The van der Waals surface area contributed by atoms with Gasteiger partial charge in [-0.05, 0) is 42.7 Å². The van der Waals surface area contributed by atoms with Crippen LogP contribution in [0.25, 0.3) is 0 Å². The van der Waals surface area contributed by atoms with Crippen LogP contribution in [0.1, 0.15) is 49.7 Å².